The van der Waals surface area contributed by atoms with Crippen molar-refractivity contribution in [2.24, 2.45) is 0 Å². The van der Waals surface area contributed by atoms with Crippen molar-refractivity contribution in [2.45, 2.75) is 46.1 Å². The molecular formula is C34H27ClN4O3. The van der Waals surface area contributed by atoms with Crippen LogP contribution in [0.25, 0.3) is 33.3 Å². The third-order valence-electron chi connectivity index (χ3n) is 7.67. The Kier molecular flexibility index (Phi) is 6.67. The summed E-state index contributed by atoms with van der Waals surface area (Å²) in [4.78, 5) is 30.9. The van der Waals surface area contributed by atoms with Gasteiger partial charge >= 0.3 is 5.63 Å². The Hall–Kier alpha value is -4.62. The Balaban J connectivity index is 1.06. The molecule has 0 N–H and O–H groups in total. The van der Waals surface area contributed by atoms with Crippen LogP contribution in [-0.2, 0) is 32.3 Å². The number of benzene rings is 1. The minimum atomic E-state index is -0.422. The van der Waals surface area contributed by atoms with Crippen LogP contribution in [0.15, 0.2) is 76.2 Å². The molecule has 6 aromatic rings. The fraction of sp³-hybridized carbons (Fsp3) is 0.206. The molecule has 42 heavy (non-hydrogen) atoms. The molecule has 0 bridgehead atoms. The van der Waals surface area contributed by atoms with Crippen LogP contribution in [0.4, 0.5) is 0 Å². The van der Waals surface area contributed by atoms with Crippen molar-refractivity contribution in [1.29, 1.82) is 0 Å². The third kappa shape index (κ3) is 5.12. The number of ether oxygens (including phenoxy) is 1. The van der Waals surface area contributed by atoms with Crippen LogP contribution in [0, 0.1) is 13.8 Å². The second-order valence-corrected chi connectivity index (χ2v) is 11.3. The number of nitrogens with zero attached hydrogens (tertiary/aromatic N) is 4. The number of pyridine rings is 4. The van der Waals surface area contributed by atoms with Gasteiger partial charge in [-0.25, -0.2) is 14.8 Å². The molecule has 1 aliphatic heterocycles. The Labute approximate surface area is 247 Å². The average molecular weight is 575 g/mol. The van der Waals surface area contributed by atoms with Crippen molar-refractivity contribution in [3.63, 3.8) is 0 Å². The monoisotopic (exact) mass is 574 g/mol. The van der Waals surface area contributed by atoms with Gasteiger partial charge in [0.25, 0.3) is 0 Å². The summed E-state index contributed by atoms with van der Waals surface area (Å²) in [5.41, 5.74) is 9.61. The van der Waals surface area contributed by atoms with Crippen LogP contribution in [-0.4, -0.2) is 19.9 Å². The molecule has 7 rings (SSSR count). The lowest BCUT2D eigenvalue weighted by atomic mass is 9.98. The number of halogens is 1. The van der Waals surface area contributed by atoms with Gasteiger partial charge in [0.1, 0.15) is 6.61 Å². The maximum absolute atomic E-state index is 12.7. The number of aryl methyl sites for hydroxylation is 6. The zero-order chi connectivity index (χ0) is 28.8. The van der Waals surface area contributed by atoms with Gasteiger partial charge in [0.05, 0.1) is 27.5 Å². The SMILES string of the molecule is Cc1ccc2c(n1)OCc1cc(CCc3cc(Cl)cc(CCc4cnc5c(c4)c(=O)oc4nc(C)ccc45)c3)cnc1-2. The molecule has 0 spiro atoms. The molecule has 0 radical (unpaired) electrons. The standard InChI is InChI=1S/C34H27ClN4O3/c1-19-3-9-27-30-25(18-41-32(27)38-19)12-23(16-36-30)7-5-21-11-22(14-26(35)13-21)6-8-24-15-29-31(37-17-24)28-10-4-20(2)39-33(28)42-34(29)40/h3-4,9-17H,5-8,18H2,1-2H3. The van der Waals surface area contributed by atoms with E-state index >= 15 is 0 Å². The number of fused-ring (bicyclic) bond motifs is 6. The van der Waals surface area contributed by atoms with E-state index in [9.17, 15) is 4.79 Å². The van der Waals surface area contributed by atoms with Crippen LogP contribution in [0.3, 0.4) is 0 Å². The Bertz CT molecular complexity index is 2070. The highest BCUT2D eigenvalue weighted by Gasteiger charge is 2.20. The average Bonchev–Trinajstić information content (AvgIpc) is 2.98. The molecule has 0 unspecified atom stereocenters. The van der Waals surface area contributed by atoms with E-state index in [1.807, 2.05) is 68.7 Å². The molecule has 0 amide bonds. The van der Waals surface area contributed by atoms with Gasteiger partial charge in [0, 0.05) is 34.4 Å². The van der Waals surface area contributed by atoms with Crippen LogP contribution in [0.5, 0.6) is 5.88 Å². The van der Waals surface area contributed by atoms with Crippen molar-refractivity contribution in [2.75, 3.05) is 0 Å². The topological polar surface area (TPSA) is 91.0 Å². The molecule has 1 aliphatic rings. The van der Waals surface area contributed by atoms with Crippen molar-refractivity contribution < 1.29 is 9.15 Å². The van der Waals surface area contributed by atoms with Gasteiger partial charge in [-0.1, -0.05) is 17.7 Å². The second kappa shape index (κ2) is 10.7. The second-order valence-electron chi connectivity index (χ2n) is 10.8. The van der Waals surface area contributed by atoms with E-state index in [1.54, 1.807) is 0 Å². The third-order valence-corrected chi connectivity index (χ3v) is 7.89. The molecule has 6 heterocycles. The van der Waals surface area contributed by atoms with E-state index < -0.39 is 5.63 Å². The van der Waals surface area contributed by atoms with Gasteiger partial charge < -0.3 is 9.15 Å². The Morgan fingerprint density at radius 3 is 2.26 bits per heavy atom. The largest absolute Gasteiger partial charge is 0.472 e. The first kappa shape index (κ1) is 26.3. The Morgan fingerprint density at radius 2 is 1.45 bits per heavy atom. The van der Waals surface area contributed by atoms with Gasteiger partial charge in [0.15, 0.2) is 0 Å². The summed E-state index contributed by atoms with van der Waals surface area (Å²) < 4.78 is 11.4. The molecule has 0 aliphatic carbocycles. The fourth-order valence-electron chi connectivity index (χ4n) is 5.55. The highest BCUT2D eigenvalue weighted by molar-refractivity contribution is 6.30. The molecule has 208 valence electrons. The van der Waals surface area contributed by atoms with Gasteiger partial charge in [-0.15, -0.1) is 0 Å². The summed E-state index contributed by atoms with van der Waals surface area (Å²) >= 11 is 6.53. The molecule has 0 saturated heterocycles. The molecule has 8 heteroatoms. The van der Waals surface area contributed by atoms with E-state index in [-0.39, 0.29) is 0 Å². The summed E-state index contributed by atoms with van der Waals surface area (Å²) in [6.07, 6.45) is 6.94. The maximum Gasteiger partial charge on any atom is 0.347 e. The van der Waals surface area contributed by atoms with E-state index in [0.29, 0.717) is 34.1 Å². The minimum Gasteiger partial charge on any atom is -0.472 e. The van der Waals surface area contributed by atoms with Gasteiger partial charge in [-0.05, 0) is 110 Å². The van der Waals surface area contributed by atoms with Gasteiger partial charge in [-0.2, -0.15) is 0 Å². The quantitative estimate of drug-likeness (QED) is 0.199. The summed E-state index contributed by atoms with van der Waals surface area (Å²) in [6.45, 7) is 4.29. The summed E-state index contributed by atoms with van der Waals surface area (Å²) in [5.74, 6) is 0.651. The summed E-state index contributed by atoms with van der Waals surface area (Å²) in [6, 6.07) is 18.1. The molecule has 0 atom stereocenters. The zero-order valence-corrected chi connectivity index (χ0v) is 24.0. The first-order valence-corrected chi connectivity index (χ1v) is 14.3. The first-order chi connectivity index (χ1) is 20.4. The number of hydrogen-bond donors (Lipinski definition) is 0. The van der Waals surface area contributed by atoms with E-state index in [4.69, 9.17) is 25.7 Å². The molecular weight excluding hydrogens is 548 g/mol. The summed E-state index contributed by atoms with van der Waals surface area (Å²) in [5, 5.41) is 1.92. The number of hydrogen-bond acceptors (Lipinski definition) is 7. The van der Waals surface area contributed by atoms with Gasteiger partial charge in [-0.3, -0.25) is 9.97 Å². The lowest BCUT2D eigenvalue weighted by molar-refractivity contribution is 0.288. The molecule has 0 saturated carbocycles. The van der Waals surface area contributed by atoms with Crippen molar-refractivity contribution in [3.8, 4) is 17.1 Å². The number of rotatable bonds is 6. The Morgan fingerprint density at radius 1 is 0.762 bits per heavy atom. The highest BCUT2D eigenvalue weighted by Crippen LogP contribution is 2.35. The maximum atomic E-state index is 12.7. The van der Waals surface area contributed by atoms with Crippen LogP contribution in [0.1, 0.15) is 39.2 Å². The molecule has 1 aromatic carbocycles. The normalized spacial score (nSPS) is 12.3. The molecule has 0 fully saturated rings. The van der Waals surface area contributed by atoms with Crippen molar-refractivity contribution in [1.82, 2.24) is 19.9 Å². The van der Waals surface area contributed by atoms with Crippen molar-refractivity contribution >= 4 is 33.6 Å². The predicted octanol–water partition coefficient (Wildman–Crippen LogP) is 6.93. The number of aromatic nitrogens is 4. The minimum absolute atomic E-state index is 0.316. The van der Waals surface area contributed by atoms with E-state index in [2.05, 4.69) is 27.1 Å². The fourth-order valence-corrected chi connectivity index (χ4v) is 5.83. The summed E-state index contributed by atoms with van der Waals surface area (Å²) in [7, 11) is 0. The van der Waals surface area contributed by atoms with Crippen LogP contribution < -0.4 is 10.4 Å². The lowest BCUT2D eigenvalue weighted by Gasteiger charge is -2.20. The first-order valence-electron chi connectivity index (χ1n) is 14.0. The van der Waals surface area contributed by atoms with E-state index in [1.165, 1.54) is 5.56 Å². The van der Waals surface area contributed by atoms with Crippen molar-refractivity contribution in [3.05, 3.63) is 122 Å². The smallest absolute Gasteiger partial charge is 0.347 e. The van der Waals surface area contributed by atoms with Gasteiger partial charge in [0.2, 0.25) is 11.6 Å². The van der Waals surface area contributed by atoms with E-state index in [0.717, 1.165) is 76.0 Å². The molecule has 7 nitrogen and oxygen atoms in total. The zero-order valence-electron chi connectivity index (χ0n) is 23.3. The lowest BCUT2D eigenvalue weighted by Crippen LogP contribution is -2.10. The van der Waals surface area contributed by atoms with Crippen LogP contribution in [0.2, 0.25) is 5.02 Å². The van der Waals surface area contributed by atoms with Crippen LogP contribution >= 0.6 is 11.6 Å². The molecule has 5 aromatic heterocycles. The highest BCUT2D eigenvalue weighted by atomic mass is 35.5. The predicted molar refractivity (Wildman–Crippen MR) is 163 cm³/mol.